The Hall–Kier alpha value is -0.810. The second-order valence-electron chi connectivity index (χ2n) is 4.64. The third-order valence-corrected chi connectivity index (χ3v) is 2.95. The fourth-order valence-electron chi connectivity index (χ4n) is 1.76. The maximum Gasteiger partial charge on any atom is 0.268 e. The summed E-state index contributed by atoms with van der Waals surface area (Å²) in [4.78, 5) is 12.0. The topological polar surface area (TPSA) is 54.3 Å². The van der Waals surface area contributed by atoms with Crippen molar-refractivity contribution in [3.63, 3.8) is 0 Å². The van der Waals surface area contributed by atoms with Crippen LogP contribution in [0.3, 0.4) is 0 Å². The highest BCUT2D eigenvalue weighted by Gasteiger charge is 2.16. The van der Waals surface area contributed by atoms with E-state index in [1.807, 2.05) is 13.2 Å². The molecular weight excluding hydrogens is 284 g/mol. The van der Waals surface area contributed by atoms with Crippen LogP contribution in [0.15, 0.2) is 16.7 Å². The summed E-state index contributed by atoms with van der Waals surface area (Å²) in [6, 6.07) is 1.58. The van der Waals surface area contributed by atoms with Gasteiger partial charge in [0.15, 0.2) is 0 Å². The molecule has 4 nitrogen and oxygen atoms in total. The summed E-state index contributed by atoms with van der Waals surface area (Å²) < 4.78 is 2.62. The van der Waals surface area contributed by atoms with E-state index in [0.29, 0.717) is 11.6 Å². The number of hydrogen-bond acceptors (Lipinski definition) is 2. The molecule has 0 aliphatic rings. The number of rotatable bonds is 5. The first-order chi connectivity index (χ1) is 7.93. The Morgan fingerprint density at radius 2 is 2.24 bits per heavy atom. The van der Waals surface area contributed by atoms with E-state index >= 15 is 0 Å². The van der Waals surface area contributed by atoms with Crippen LogP contribution in [-0.4, -0.2) is 28.2 Å². The fraction of sp³-hybridized carbons (Fsp3) is 0.583. The van der Waals surface area contributed by atoms with E-state index in [-0.39, 0.29) is 18.6 Å². The maximum atomic E-state index is 12.0. The number of aliphatic hydroxyl groups is 1. The lowest BCUT2D eigenvalue weighted by molar-refractivity contribution is 0.0900. The normalized spacial score (nSPS) is 12.8. The molecule has 0 fully saturated rings. The van der Waals surface area contributed by atoms with Crippen molar-refractivity contribution in [2.45, 2.75) is 26.3 Å². The number of carbonyl (C=O) groups excluding carboxylic acids is 1. The van der Waals surface area contributed by atoms with Crippen LogP contribution in [-0.2, 0) is 7.05 Å². The van der Waals surface area contributed by atoms with E-state index in [0.717, 1.165) is 10.9 Å². The van der Waals surface area contributed by atoms with Gasteiger partial charge in [0.25, 0.3) is 5.91 Å². The first-order valence-corrected chi connectivity index (χ1v) is 6.47. The van der Waals surface area contributed by atoms with Gasteiger partial charge in [0, 0.05) is 17.7 Å². The minimum absolute atomic E-state index is 0.0322. The summed E-state index contributed by atoms with van der Waals surface area (Å²) in [7, 11) is 1.82. The highest BCUT2D eigenvalue weighted by molar-refractivity contribution is 9.10. The molecule has 0 spiro atoms. The van der Waals surface area contributed by atoms with Gasteiger partial charge in [0.05, 0.1) is 12.6 Å². The van der Waals surface area contributed by atoms with Crippen molar-refractivity contribution in [1.82, 2.24) is 9.88 Å². The van der Waals surface area contributed by atoms with Crippen molar-refractivity contribution in [3.05, 3.63) is 22.4 Å². The van der Waals surface area contributed by atoms with Gasteiger partial charge >= 0.3 is 0 Å². The molecule has 0 saturated heterocycles. The van der Waals surface area contributed by atoms with Crippen molar-refractivity contribution in [3.8, 4) is 0 Å². The average molecular weight is 303 g/mol. The van der Waals surface area contributed by atoms with Gasteiger partial charge in [-0.3, -0.25) is 4.79 Å². The lowest BCUT2D eigenvalue weighted by Gasteiger charge is -2.18. The molecule has 0 aliphatic heterocycles. The van der Waals surface area contributed by atoms with Crippen molar-refractivity contribution < 1.29 is 9.90 Å². The second-order valence-corrected chi connectivity index (χ2v) is 5.55. The molecular formula is C12H19BrN2O2. The van der Waals surface area contributed by atoms with Crippen LogP contribution >= 0.6 is 15.9 Å². The Labute approximate surface area is 110 Å². The minimum Gasteiger partial charge on any atom is -0.394 e. The van der Waals surface area contributed by atoms with Gasteiger partial charge < -0.3 is 15.0 Å². The number of halogens is 1. The molecule has 2 N–H and O–H groups in total. The number of aryl methyl sites for hydroxylation is 1. The molecule has 1 atom stereocenters. The highest BCUT2D eigenvalue weighted by atomic mass is 79.9. The number of amides is 1. The van der Waals surface area contributed by atoms with E-state index in [4.69, 9.17) is 0 Å². The smallest absolute Gasteiger partial charge is 0.268 e. The number of aliphatic hydroxyl groups excluding tert-OH is 1. The lowest BCUT2D eigenvalue weighted by atomic mass is 10.0. The molecule has 0 radical (unpaired) electrons. The van der Waals surface area contributed by atoms with E-state index in [1.54, 1.807) is 10.6 Å². The van der Waals surface area contributed by atoms with Gasteiger partial charge in [0.2, 0.25) is 0 Å². The molecule has 1 unspecified atom stereocenters. The molecule has 0 saturated carbocycles. The predicted molar refractivity (Wildman–Crippen MR) is 70.9 cm³/mol. The number of nitrogens with zero attached hydrogens (tertiary/aromatic N) is 1. The van der Waals surface area contributed by atoms with Crippen molar-refractivity contribution in [2.75, 3.05) is 6.61 Å². The van der Waals surface area contributed by atoms with Crippen LogP contribution in [0.5, 0.6) is 0 Å². The number of carbonyl (C=O) groups is 1. The largest absolute Gasteiger partial charge is 0.394 e. The van der Waals surface area contributed by atoms with E-state index in [1.165, 1.54) is 0 Å². The van der Waals surface area contributed by atoms with Gasteiger partial charge in [-0.05, 0) is 34.3 Å². The number of nitrogens with one attached hydrogen (secondary N) is 1. The van der Waals surface area contributed by atoms with Gasteiger partial charge in [-0.15, -0.1) is 0 Å². The Morgan fingerprint density at radius 1 is 1.59 bits per heavy atom. The van der Waals surface area contributed by atoms with Gasteiger partial charge in [-0.1, -0.05) is 13.8 Å². The molecule has 1 heterocycles. The van der Waals surface area contributed by atoms with Crippen LogP contribution in [0.1, 0.15) is 30.8 Å². The van der Waals surface area contributed by atoms with Gasteiger partial charge in [-0.2, -0.15) is 0 Å². The molecule has 0 aromatic carbocycles. The van der Waals surface area contributed by atoms with Crippen LogP contribution in [0, 0.1) is 5.92 Å². The second kappa shape index (κ2) is 6.21. The first kappa shape index (κ1) is 14.3. The SMILES string of the molecule is CC(C)CC(CO)NC(=O)c1cc(Br)cn1C. The summed E-state index contributed by atoms with van der Waals surface area (Å²) in [5.41, 5.74) is 0.582. The maximum absolute atomic E-state index is 12.0. The Morgan fingerprint density at radius 3 is 2.65 bits per heavy atom. The summed E-state index contributed by atoms with van der Waals surface area (Å²) in [5, 5.41) is 12.1. The van der Waals surface area contributed by atoms with Crippen LogP contribution in [0.4, 0.5) is 0 Å². The molecule has 1 amide bonds. The Kier molecular flexibility index (Phi) is 5.21. The molecule has 17 heavy (non-hydrogen) atoms. The zero-order valence-electron chi connectivity index (χ0n) is 10.4. The summed E-state index contributed by atoms with van der Waals surface area (Å²) in [6.45, 7) is 4.09. The molecule has 1 aromatic heterocycles. The third-order valence-electron chi connectivity index (χ3n) is 2.52. The van der Waals surface area contributed by atoms with Crippen LogP contribution in [0.2, 0.25) is 0 Å². The molecule has 1 aromatic rings. The third kappa shape index (κ3) is 4.16. The standard InChI is InChI=1S/C12H19BrN2O2/c1-8(2)4-10(7-16)14-12(17)11-5-9(13)6-15(11)3/h5-6,8,10,16H,4,7H2,1-3H3,(H,14,17). The highest BCUT2D eigenvalue weighted by Crippen LogP contribution is 2.14. The van der Waals surface area contributed by atoms with Crippen molar-refractivity contribution in [1.29, 1.82) is 0 Å². The van der Waals surface area contributed by atoms with E-state index < -0.39 is 0 Å². The quantitative estimate of drug-likeness (QED) is 0.873. The Bertz CT molecular complexity index is 388. The minimum atomic E-state index is -0.184. The molecule has 0 aliphatic carbocycles. The molecule has 1 rings (SSSR count). The molecule has 0 bridgehead atoms. The zero-order chi connectivity index (χ0) is 13.0. The first-order valence-electron chi connectivity index (χ1n) is 5.67. The van der Waals surface area contributed by atoms with Crippen LogP contribution in [0.25, 0.3) is 0 Å². The van der Waals surface area contributed by atoms with E-state index in [9.17, 15) is 9.90 Å². The lowest BCUT2D eigenvalue weighted by Crippen LogP contribution is -2.39. The van der Waals surface area contributed by atoms with Gasteiger partial charge in [-0.25, -0.2) is 0 Å². The van der Waals surface area contributed by atoms with E-state index in [2.05, 4.69) is 35.1 Å². The number of aromatic nitrogens is 1. The zero-order valence-corrected chi connectivity index (χ0v) is 12.0. The Balaban J connectivity index is 2.67. The molecule has 5 heteroatoms. The van der Waals surface area contributed by atoms with Gasteiger partial charge in [0.1, 0.15) is 5.69 Å². The summed E-state index contributed by atoms with van der Waals surface area (Å²) in [6.07, 6.45) is 2.60. The summed E-state index contributed by atoms with van der Waals surface area (Å²) >= 11 is 3.32. The fourth-order valence-corrected chi connectivity index (χ4v) is 2.28. The predicted octanol–water partition coefficient (Wildman–Crippen LogP) is 1.92. The average Bonchev–Trinajstić information content (AvgIpc) is 2.56. The number of hydrogen-bond donors (Lipinski definition) is 2. The van der Waals surface area contributed by atoms with Crippen molar-refractivity contribution >= 4 is 21.8 Å². The summed E-state index contributed by atoms with van der Waals surface area (Å²) in [5.74, 6) is 0.283. The van der Waals surface area contributed by atoms with Crippen LogP contribution < -0.4 is 5.32 Å². The molecule has 96 valence electrons. The van der Waals surface area contributed by atoms with Crippen molar-refractivity contribution in [2.24, 2.45) is 13.0 Å². The monoisotopic (exact) mass is 302 g/mol.